The van der Waals surface area contributed by atoms with Gasteiger partial charge in [-0.05, 0) is 6.42 Å². The lowest BCUT2D eigenvalue weighted by molar-refractivity contribution is 0.241. The third-order valence-electron chi connectivity index (χ3n) is 4.35. The molecule has 3 nitrogen and oxygen atoms in total. The highest BCUT2D eigenvalue weighted by Crippen LogP contribution is 2.55. The van der Waals surface area contributed by atoms with E-state index in [9.17, 15) is 9.67 Å². The number of epoxide rings is 1. The summed E-state index contributed by atoms with van der Waals surface area (Å²) in [7, 11) is -2.81. The first-order chi connectivity index (χ1) is 10.7. The van der Waals surface area contributed by atoms with Crippen molar-refractivity contribution in [2.45, 2.75) is 31.2 Å². The van der Waals surface area contributed by atoms with Crippen molar-refractivity contribution in [3.63, 3.8) is 0 Å². The van der Waals surface area contributed by atoms with Crippen LogP contribution in [0.4, 0.5) is 0 Å². The van der Waals surface area contributed by atoms with Gasteiger partial charge in [0.1, 0.15) is 13.2 Å². The van der Waals surface area contributed by atoms with Crippen LogP contribution < -0.4 is 10.6 Å². The fourth-order valence-electron chi connectivity index (χ4n) is 3.17. The van der Waals surface area contributed by atoms with Crippen LogP contribution in [0.1, 0.15) is 13.3 Å². The molecule has 0 spiro atoms. The van der Waals surface area contributed by atoms with Gasteiger partial charge >= 0.3 is 0 Å². The summed E-state index contributed by atoms with van der Waals surface area (Å²) in [5, 5.41) is 11.0. The molecule has 3 atom stereocenters. The van der Waals surface area contributed by atoms with Crippen molar-refractivity contribution in [3.8, 4) is 0 Å². The van der Waals surface area contributed by atoms with Crippen LogP contribution in [0.25, 0.3) is 0 Å². The molecule has 0 radical (unpaired) electrons. The van der Waals surface area contributed by atoms with Gasteiger partial charge in [0.25, 0.3) is 0 Å². The van der Waals surface area contributed by atoms with Crippen molar-refractivity contribution >= 4 is 17.8 Å². The van der Waals surface area contributed by atoms with Crippen molar-refractivity contribution in [2.24, 2.45) is 0 Å². The van der Waals surface area contributed by atoms with Gasteiger partial charge in [0, 0.05) is 16.3 Å². The quantitative estimate of drug-likeness (QED) is 0.658. The number of aliphatic hydroxyl groups excluding tert-OH is 1. The topological polar surface area (TPSA) is 49.8 Å². The van der Waals surface area contributed by atoms with Crippen LogP contribution >= 0.6 is 7.14 Å². The molecule has 1 saturated heterocycles. The zero-order valence-electron chi connectivity index (χ0n) is 12.6. The maximum atomic E-state index is 14.1. The Morgan fingerprint density at radius 1 is 1.05 bits per heavy atom. The zero-order valence-corrected chi connectivity index (χ0v) is 13.5. The highest BCUT2D eigenvalue weighted by atomic mass is 31.2. The number of hydrogen-bond acceptors (Lipinski definition) is 3. The molecule has 0 bridgehead atoms. The van der Waals surface area contributed by atoms with Crippen molar-refractivity contribution in [1.29, 1.82) is 0 Å². The Labute approximate surface area is 131 Å². The third kappa shape index (κ3) is 2.65. The molecule has 0 aromatic heterocycles. The predicted octanol–water partition coefficient (Wildman–Crippen LogP) is 2.54. The number of rotatable bonds is 6. The first kappa shape index (κ1) is 15.5. The number of ether oxygens (including phenoxy) is 1. The molecule has 0 unspecified atom stereocenters. The second-order valence-electron chi connectivity index (χ2n) is 5.63. The number of aliphatic hydroxyl groups is 1. The Kier molecular flexibility index (Phi) is 4.49. The van der Waals surface area contributed by atoms with Crippen LogP contribution in [0.15, 0.2) is 60.7 Å². The number of benzene rings is 2. The minimum absolute atomic E-state index is 0.00918. The van der Waals surface area contributed by atoms with Crippen LogP contribution in [-0.2, 0) is 9.30 Å². The van der Waals surface area contributed by atoms with E-state index < -0.39 is 7.14 Å². The van der Waals surface area contributed by atoms with Crippen LogP contribution in [0.5, 0.6) is 0 Å². The SMILES string of the molecule is CC[C@@H]([C@H]1O[C@@H]1CO)P(=O)(c1ccccc1)c1ccccc1. The van der Waals surface area contributed by atoms with Crippen molar-refractivity contribution in [1.82, 2.24) is 0 Å². The van der Waals surface area contributed by atoms with Crippen molar-refractivity contribution in [3.05, 3.63) is 60.7 Å². The first-order valence-electron chi connectivity index (χ1n) is 7.69. The summed E-state index contributed by atoms with van der Waals surface area (Å²) in [6.07, 6.45) is 0.453. The summed E-state index contributed by atoms with van der Waals surface area (Å²) in [6.45, 7) is 2.03. The van der Waals surface area contributed by atoms with Gasteiger partial charge in [-0.2, -0.15) is 0 Å². The van der Waals surface area contributed by atoms with E-state index >= 15 is 0 Å². The maximum Gasteiger partial charge on any atom is 0.148 e. The molecule has 22 heavy (non-hydrogen) atoms. The average molecular weight is 316 g/mol. The Morgan fingerprint density at radius 3 is 1.91 bits per heavy atom. The molecule has 0 amide bonds. The Morgan fingerprint density at radius 2 is 1.55 bits per heavy atom. The lowest BCUT2D eigenvalue weighted by Crippen LogP contribution is -2.30. The first-order valence-corrected chi connectivity index (χ1v) is 9.46. The highest BCUT2D eigenvalue weighted by molar-refractivity contribution is 7.79. The van der Waals surface area contributed by atoms with E-state index in [2.05, 4.69) is 0 Å². The smallest absolute Gasteiger partial charge is 0.148 e. The van der Waals surface area contributed by atoms with Gasteiger partial charge in [0.05, 0.1) is 12.7 Å². The minimum atomic E-state index is -2.81. The van der Waals surface area contributed by atoms with Gasteiger partial charge in [0.2, 0.25) is 0 Å². The van der Waals surface area contributed by atoms with E-state index in [0.717, 1.165) is 17.0 Å². The summed E-state index contributed by atoms with van der Waals surface area (Å²) < 4.78 is 19.7. The molecule has 1 aliphatic heterocycles. The lowest BCUT2D eigenvalue weighted by atomic mass is 10.2. The fraction of sp³-hybridized carbons (Fsp3) is 0.333. The molecule has 1 fully saturated rings. The molecule has 1 aliphatic rings. The van der Waals surface area contributed by atoms with E-state index in [1.54, 1.807) is 0 Å². The van der Waals surface area contributed by atoms with Gasteiger partial charge in [-0.15, -0.1) is 0 Å². The maximum absolute atomic E-state index is 14.1. The minimum Gasteiger partial charge on any atom is -0.394 e. The van der Waals surface area contributed by atoms with Crippen LogP contribution in [0, 0.1) is 0 Å². The molecule has 2 aromatic rings. The van der Waals surface area contributed by atoms with E-state index in [-0.39, 0.29) is 24.5 Å². The normalized spacial score (nSPS) is 22.3. The monoisotopic (exact) mass is 316 g/mol. The molecule has 3 rings (SSSR count). The van der Waals surface area contributed by atoms with E-state index in [1.807, 2.05) is 67.6 Å². The molecule has 1 heterocycles. The summed E-state index contributed by atoms with van der Waals surface area (Å²) in [5.41, 5.74) is -0.102. The van der Waals surface area contributed by atoms with E-state index in [1.165, 1.54) is 0 Å². The molecule has 2 aromatic carbocycles. The van der Waals surface area contributed by atoms with Crippen LogP contribution in [0.3, 0.4) is 0 Å². The summed E-state index contributed by atoms with van der Waals surface area (Å²) in [6, 6.07) is 19.3. The van der Waals surface area contributed by atoms with Gasteiger partial charge in [-0.3, -0.25) is 0 Å². The second-order valence-corrected chi connectivity index (χ2v) is 8.64. The second kappa shape index (κ2) is 6.37. The molecular weight excluding hydrogens is 295 g/mol. The summed E-state index contributed by atoms with van der Waals surface area (Å²) >= 11 is 0. The third-order valence-corrected chi connectivity index (χ3v) is 8.07. The highest BCUT2D eigenvalue weighted by Gasteiger charge is 2.51. The molecule has 0 aliphatic carbocycles. The molecule has 1 N–H and O–H groups in total. The zero-order chi connectivity index (χ0) is 15.6. The van der Waals surface area contributed by atoms with Gasteiger partial charge in [-0.25, -0.2) is 0 Å². The number of hydrogen-bond donors (Lipinski definition) is 1. The lowest BCUT2D eigenvalue weighted by Gasteiger charge is -2.27. The largest absolute Gasteiger partial charge is 0.394 e. The predicted molar refractivity (Wildman–Crippen MR) is 89.6 cm³/mol. The van der Waals surface area contributed by atoms with Gasteiger partial charge in [0.15, 0.2) is 0 Å². The van der Waals surface area contributed by atoms with E-state index in [0.29, 0.717) is 0 Å². The standard InChI is InChI=1S/C18H21O3P/c1-2-17(18-16(13-19)21-18)22(20,14-9-5-3-6-10-14)15-11-7-4-8-12-15/h3-12,16-19H,2,13H2,1H3/t16-,17+,18+/m1/s1. The molecule has 4 heteroatoms. The van der Waals surface area contributed by atoms with Crippen molar-refractivity contribution < 1.29 is 14.4 Å². The molecule has 0 saturated carbocycles. The Balaban J connectivity index is 2.09. The van der Waals surface area contributed by atoms with E-state index in [4.69, 9.17) is 4.74 Å². The Hall–Kier alpha value is -1.41. The molecule has 116 valence electrons. The fourth-order valence-corrected chi connectivity index (χ4v) is 6.65. The van der Waals surface area contributed by atoms with Crippen molar-refractivity contribution in [2.75, 3.05) is 6.61 Å². The van der Waals surface area contributed by atoms with Gasteiger partial charge in [-0.1, -0.05) is 67.6 Å². The average Bonchev–Trinajstić information content (AvgIpc) is 3.36. The molecular formula is C18H21O3P. The summed E-state index contributed by atoms with van der Waals surface area (Å²) in [4.78, 5) is 0. The summed E-state index contributed by atoms with van der Waals surface area (Å²) in [5.74, 6) is 0. The Bertz CT molecular complexity index is 613. The van der Waals surface area contributed by atoms with Gasteiger partial charge < -0.3 is 14.4 Å². The van der Waals surface area contributed by atoms with Crippen LogP contribution in [-0.4, -0.2) is 29.6 Å². The van der Waals surface area contributed by atoms with Crippen LogP contribution in [0.2, 0.25) is 0 Å².